The highest BCUT2D eigenvalue weighted by atomic mass is 35.5. The Kier molecular flexibility index (Phi) is 7.28. The lowest BCUT2D eigenvalue weighted by Crippen LogP contribution is -2.50. The lowest BCUT2D eigenvalue weighted by molar-refractivity contribution is 0.0923. The number of aromatic nitrogens is 2. The number of amides is 2. The number of hydrogen-bond donors (Lipinski definition) is 2. The summed E-state index contributed by atoms with van der Waals surface area (Å²) in [5.74, 6) is 1.34. The molecule has 2 saturated heterocycles. The van der Waals surface area contributed by atoms with E-state index in [4.69, 9.17) is 16.3 Å². The molecule has 2 N–H and O–H groups in total. The van der Waals surface area contributed by atoms with Crippen LogP contribution in [0.5, 0.6) is 5.75 Å². The molecule has 2 unspecified atom stereocenters. The number of hydrogen-bond acceptors (Lipinski definition) is 6. The van der Waals surface area contributed by atoms with Gasteiger partial charge in [0.1, 0.15) is 16.7 Å². The highest BCUT2D eigenvalue weighted by molar-refractivity contribution is 6.29. The molecule has 192 valence electrons. The first-order valence-electron chi connectivity index (χ1n) is 12.5. The molecule has 0 radical (unpaired) electrons. The van der Waals surface area contributed by atoms with Crippen LogP contribution in [0.4, 0.5) is 5.82 Å². The number of halogens is 1. The second kappa shape index (κ2) is 10.8. The standard InChI is InChI=1S/C28H30ClN5O3/c1-17-23(4-3-5-24(17)37-2)28(36)33-20-12-21-8-9-22(13-20)34(21)26-11-7-19(16-31-26)27(35)32-15-18-6-10-25(29)30-14-18/h3-7,10-11,14,16,20-22H,8-9,12-13,15H2,1-2H3,(H,32,35)(H,33,36). The summed E-state index contributed by atoms with van der Waals surface area (Å²) in [6.07, 6.45) is 7.13. The summed E-state index contributed by atoms with van der Waals surface area (Å²) < 4.78 is 5.37. The van der Waals surface area contributed by atoms with Gasteiger partial charge in [-0.2, -0.15) is 0 Å². The summed E-state index contributed by atoms with van der Waals surface area (Å²) in [5.41, 5.74) is 2.88. The molecule has 4 heterocycles. The van der Waals surface area contributed by atoms with Gasteiger partial charge < -0.3 is 20.3 Å². The van der Waals surface area contributed by atoms with E-state index >= 15 is 0 Å². The van der Waals surface area contributed by atoms with Gasteiger partial charge in [-0.1, -0.05) is 23.7 Å². The zero-order chi connectivity index (χ0) is 25.9. The maximum absolute atomic E-state index is 13.0. The molecule has 0 aliphatic carbocycles. The summed E-state index contributed by atoms with van der Waals surface area (Å²) >= 11 is 5.81. The summed E-state index contributed by atoms with van der Waals surface area (Å²) in [4.78, 5) is 36.6. The zero-order valence-electron chi connectivity index (χ0n) is 20.9. The van der Waals surface area contributed by atoms with Crippen molar-refractivity contribution < 1.29 is 14.3 Å². The van der Waals surface area contributed by atoms with Gasteiger partial charge >= 0.3 is 0 Å². The minimum atomic E-state index is -0.189. The molecule has 2 aliphatic rings. The van der Waals surface area contributed by atoms with Crippen molar-refractivity contribution >= 4 is 29.2 Å². The number of pyridine rings is 2. The van der Waals surface area contributed by atoms with Crippen molar-refractivity contribution in [1.82, 2.24) is 20.6 Å². The molecule has 2 aliphatic heterocycles. The molecule has 5 rings (SSSR count). The number of ether oxygens (including phenoxy) is 1. The zero-order valence-corrected chi connectivity index (χ0v) is 21.7. The van der Waals surface area contributed by atoms with E-state index in [1.54, 1.807) is 25.6 Å². The number of piperidine rings is 1. The fourth-order valence-corrected chi connectivity index (χ4v) is 5.59. The second-order valence-electron chi connectivity index (χ2n) is 9.64. The highest BCUT2D eigenvalue weighted by Crippen LogP contribution is 2.38. The van der Waals surface area contributed by atoms with Gasteiger partial charge in [-0.3, -0.25) is 9.59 Å². The third-order valence-corrected chi connectivity index (χ3v) is 7.56. The van der Waals surface area contributed by atoms with E-state index in [0.29, 0.717) is 40.7 Å². The average Bonchev–Trinajstić information content (AvgIpc) is 3.18. The lowest BCUT2D eigenvalue weighted by Gasteiger charge is -2.40. The SMILES string of the molecule is COc1cccc(C(=O)NC2CC3CCC(C2)N3c2ccc(C(=O)NCc3ccc(Cl)nc3)cn2)c1C. The molecular weight excluding hydrogens is 490 g/mol. The van der Waals surface area contributed by atoms with E-state index in [2.05, 4.69) is 25.5 Å². The number of rotatable bonds is 7. The van der Waals surface area contributed by atoms with Gasteiger partial charge in [-0.15, -0.1) is 0 Å². The predicted octanol–water partition coefficient (Wildman–Crippen LogP) is 4.31. The van der Waals surface area contributed by atoms with E-state index in [1.165, 1.54) is 0 Å². The van der Waals surface area contributed by atoms with Gasteiger partial charge in [-0.05, 0) is 68.5 Å². The molecule has 2 fully saturated rings. The molecule has 2 bridgehead atoms. The van der Waals surface area contributed by atoms with Crippen LogP contribution in [0, 0.1) is 6.92 Å². The van der Waals surface area contributed by atoms with Crippen LogP contribution < -0.4 is 20.3 Å². The van der Waals surface area contributed by atoms with Crippen LogP contribution in [0.1, 0.15) is 57.5 Å². The summed E-state index contributed by atoms with van der Waals surface area (Å²) in [7, 11) is 1.61. The Bertz CT molecular complexity index is 1270. The van der Waals surface area contributed by atoms with Crippen LogP contribution in [0.25, 0.3) is 0 Å². The fraction of sp³-hybridized carbons (Fsp3) is 0.357. The molecule has 1 aromatic carbocycles. The quantitative estimate of drug-likeness (QED) is 0.452. The van der Waals surface area contributed by atoms with Crippen LogP contribution in [-0.2, 0) is 6.54 Å². The lowest BCUT2D eigenvalue weighted by atomic mass is 9.96. The van der Waals surface area contributed by atoms with Gasteiger partial charge in [0.05, 0.1) is 12.7 Å². The molecule has 2 amide bonds. The molecular formula is C28H30ClN5O3. The number of benzene rings is 1. The fourth-order valence-electron chi connectivity index (χ4n) is 5.48. The number of anilines is 1. The normalized spacial score (nSPS) is 20.4. The minimum absolute atomic E-state index is 0.0582. The first-order chi connectivity index (χ1) is 17.9. The van der Waals surface area contributed by atoms with Crippen LogP contribution in [0.15, 0.2) is 54.9 Å². The largest absolute Gasteiger partial charge is 0.496 e. The average molecular weight is 520 g/mol. The Morgan fingerprint density at radius 2 is 1.81 bits per heavy atom. The van der Waals surface area contributed by atoms with Crippen molar-refractivity contribution in [1.29, 1.82) is 0 Å². The summed E-state index contributed by atoms with van der Waals surface area (Å²) in [6, 6.07) is 13.5. The van der Waals surface area contributed by atoms with E-state index in [1.807, 2.05) is 43.3 Å². The number of nitrogens with zero attached hydrogens (tertiary/aromatic N) is 3. The van der Waals surface area contributed by atoms with E-state index in [9.17, 15) is 9.59 Å². The monoisotopic (exact) mass is 519 g/mol. The van der Waals surface area contributed by atoms with Crippen molar-refractivity contribution in [2.45, 2.75) is 57.3 Å². The Morgan fingerprint density at radius 1 is 1.03 bits per heavy atom. The molecule has 8 nitrogen and oxygen atoms in total. The van der Waals surface area contributed by atoms with Crippen molar-refractivity contribution in [2.24, 2.45) is 0 Å². The van der Waals surface area contributed by atoms with Gasteiger partial charge in [0, 0.05) is 48.2 Å². The van der Waals surface area contributed by atoms with Crippen molar-refractivity contribution in [2.75, 3.05) is 12.0 Å². The maximum Gasteiger partial charge on any atom is 0.253 e. The highest BCUT2D eigenvalue weighted by Gasteiger charge is 2.42. The predicted molar refractivity (Wildman–Crippen MR) is 142 cm³/mol. The Morgan fingerprint density at radius 3 is 2.46 bits per heavy atom. The maximum atomic E-state index is 13.0. The summed E-state index contributed by atoms with van der Waals surface area (Å²) in [6.45, 7) is 2.27. The second-order valence-corrected chi connectivity index (χ2v) is 10.0. The van der Waals surface area contributed by atoms with Crippen LogP contribution >= 0.6 is 11.6 Å². The summed E-state index contributed by atoms with van der Waals surface area (Å²) in [5, 5.41) is 6.56. The van der Waals surface area contributed by atoms with E-state index in [-0.39, 0.29) is 17.9 Å². The number of methoxy groups -OCH3 is 1. The number of fused-ring (bicyclic) bond motifs is 2. The first-order valence-corrected chi connectivity index (χ1v) is 12.9. The molecule has 0 saturated carbocycles. The van der Waals surface area contributed by atoms with Crippen LogP contribution in [-0.4, -0.2) is 47.0 Å². The third kappa shape index (κ3) is 5.39. The van der Waals surface area contributed by atoms with Gasteiger partial charge in [0.2, 0.25) is 0 Å². The topological polar surface area (TPSA) is 96.5 Å². The first kappa shape index (κ1) is 25.0. The van der Waals surface area contributed by atoms with E-state index < -0.39 is 0 Å². The molecule has 9 heteroatoms. The number of carbonyl (C=O) groups excluding carboxylic acids is 2. The molecule has 0 spiro atoms. The number of nitrogens with one attached hydrogen (secondary N) is 2. The van der Waals surface area contributed by atoms with Crippen molar-refractivity contribution in [3.05, 3.63) is 82.3 Å². The smallest absolute Gasteiger partial charge is 0.253 e. The van der Waals surface area contributed by atoms with E-state index in [0.717, 1.165) is 42.6 Å². The molecule has 3 aromatic rings. The Balaban J connectivity index is 1.19. The third-order valence-electron chi connectivity index (χ3n) is 7.33. The van der Waals surface area contributed by atoms with Crippen LogP contribution in [0.2, 0.25) is 5.15 Å². The number of carbonyl (C=O) groups is 2. The Labute approximate surface area is 221 Å². The molecule has 2 aromatic heterocycles. The minimum Gasteiger partial charge on any atom is -0.496 e. The molecule has 37 heavy (non-hydrogen) atoms. The van der Waals surface area contributed by atoms with Crippen LogP contribution in [0.3, 0.4) is 0 Å². The molecule has 2 atom stereocenters. The van der Waals surface area contributed by atoms with Gasteiger partial charge in [0.25, 0.3) is 11.8 Å². The van der Waals surface area contributed by atoms with Crippen molar-refractivity contribution in [3.63, 3.8) is 0 Å². The Hall–Kier alpha value is -3.65. The van der Waals surface area contributed by atoms with Crippen molar-refractivity contribution in [3.8, 4) is 5.75 Å². The van der Waals surface area contributed by atoms with Gasteiger partial charge in [-0.25, -0.2) is 9.97 Å². The van der Waals surface area contributed by atoms with Gasteiger partial charge in [0.15, 0.2) is 0 Å².